The Bertz CT molecular complexity index is 307. The third-order valence-electron chi connectivity index (χ3n) is 1.89. The standard InChI is InChI=1S/C10H14Cl2N2O/c11-9-2-1-8(7-10(9)12)15-6-5-14-4-3-13/h1-2,7,14H,3-6,13H2/p+2. The van der Waals surface area contributed by atoms with Gasteiger partial charge >= 0.3 is 0 Å². The van der Waals surface area contributed by atoms with Gasteiger partial charge in [0, 0.05) is 6.07 Å². The lowest BCUT2D eigenvalue weighted by molar-refractivity contribution is -0.670. The summed E-state index contributed by atoms with van der Waals surface area (Å²) in [4.78, 5) is 0. The van der Waals surface area contributed by atoms with Crippen molar-refractivity contribution >= 4 is 23.2 Å². The topological polar surface area (TPSA) is 53.5 Å². The van der Waals surface area contributed by atoms with Gasteiger partial charge in [-0.3, -0.25) is 0 Å². The number of hydrogen-bond acceptors (Lipinski definition) is 1. The average molecular weight is 251 g/mol. The predicted molar refractivity (Wildman–Crippen MR) is 61.4 cm³/mol. The SMILES string of the molecule is [NH3+]CC[NH2+]CCOc1ccc(Cl)c(Cl)c1. The maximum atomic E-state index is 5.85. The van der Waals surface area contributed by atoms with Crippen molar-refractivity contribution in [2.75, 3.05) is 26.2 Å². The van der Waals surface area contributed by atoms with Crippen molar-refractivity contribution in [2.45, 2.75) is 0 Å². The fraction of sp³-hybridized carbons (Fsp3) is 0.400. The zero-order valence-corrected chi connectivity index (χ0v) is 10.0. The van der Waals surface area contributed by atoms with Crippen molar-refractivity contribution in [1.82, 2.24) is 0 Å². The van der Waals surface area contributed by atoms with Crippen molar-refractivity contribution in [1.29, 1.82) is 0 Å². The maximum Gasteiger partial charge on any atom is 0.137 e. The van der Waals surface area contributed by atoms with Gasteiger partial charge in [-0.25, -0.2) is 0 Å². The molecule has 3 nitrogen and oxygen atoms in total. The van der Waals surface area contributed by atoms with Crippen LogP contribution in [0.2, 0.25) is 10.0 Å². The van der Waals surface area contributed by atoms with Crippen LogP contribution in [0.4, 0.5) is 0 Å². The first-order valence-electron chi connectivity index (χ1n) is 4.93. The van der Waals surface area contributed by atoms with Crippen LogP contribution in [0.15, 0.2) is 18.2 Å². The van der Waals surface area contributed by atoms with Crippen molar-refractivity contribution in [2.24, 2.45) is 0 Å². The molecule has 0 aliphatic carbocycles. The lowest BCUT2D eigenvalue weighted by atomic mass is 10.3. The second kappa shape index (κ2) is 6.90. The van der Waals surface area contributed by atoms with Crippen LogP contribution in [0.5, 0.6) is 5.75 Å². The van der Waals surface area contributed by atoms with Gasteiger partial charge in [-0.1, -0.05) is 23.2 Å². The van der Waals surface area contributed by atoms with E-state index in [2.05, 4.69) is 11.1 Å². The summed E-state index contributed by atoms with van der Waals surface area (Å²) in [5, 5.41) is 3.24. The lowest BCUT2D eigenvalue weighted by Gasteiger charge is -2.05. The van der Waals surface area contributed by atoms with Gasteiger partial charge in [-0.15, -0.1) is 0 Å². The number of quaternary nitrogens is 2. The zero-order valence-electron chi connectivity index (χ0n) is 8.51. The molecule has 0 spiro atoms. The van der Waals surface area contributed by atoms with Gasteiger partial charge in [0.25, 0.3) is 0 Å². The highest BCUT2D eigenvalue weighted by Crippen LogP contribution is 2.26. The molecule has 5 heteroatoms. The molecule has 0 fully saturated rings. The summed E-state index contributed by atoms with van der Waals surface area (Å²) in [5.74, 6) is 0.757. The molecule has 0 amide bonds. The summed E-state index contributed by atoms with van der Waals surface area (Å²) in [6, 6.07) is 5.28. The van der Waals surface area contributed by atoms with Crippen LogP contribution in [0.25, 0.3) is 0 Å². The van der Waals surface area contributed by atoms with Crippen LogP contribution in [0.1, 0.15) is 0 Å². The lowest BCUT2D eigenvalue weighted by Crippen LogP contribution is -2.88. The molecular formula is C10H16Cl2N2O+2. The van der Waals surface area contributed by atoms with E-state index in [1.165, 1.54) is 0 Å². The Balaban J connectivity index is 2.28. The molecule has 0 bridgehead atoms. The number of rotatable bonds is 6. The molecule has 15 heavy (non-hydrogen) atoms. The molecule has 84 valence electrons. The van der Waals surface area contributed by atoms with E-state index in [0.29, 0.717) is 16.7 Å². The van der Waals surface area contributed by atoms with E-state index in [9.17, 15) is 0 Å². The predicted octanol–water partition coefficient (Wildman–Crippen LogP) is 0.178. The van der Waals surface area contributed by atoms with E-state index in [1.54, 1.807) is 12.1 Å². The molecule has 0 atom stereocenters. The van der Waals surface area contributed by atoms with Gasteiger partial charge in [-0.05, 0) is 12.1 Å². The molecule has 0 unspecified atom stereocenters. The molecule has 1 aromatic rings. The summed E-state index contributed by atoms with van der Waals surface area (Å²) in [6.07, 6.45) is 0. The maximum absolute atomic E-state index is 5.85. The van der Waals surface area contributed by atoms with Crippen molar-refractivity contribution in [3.8, 4) is 5.75 Å². The van der Waals surface area contributed by atoms with Gasteiger partial charge in [0.15, 0.2) is 0 Å². The number of benzene rings is 1. The van der Waals surface area contributed by atoms with Crippen molar-refractivity contribution in [3.05, 3.63) is 28.2 Å². The molecule has 0 radical (unpaired) electrons. The first kappa shape index (κ1) is 12.6. The van der Waals surface area contributed by atoms with Crippen LogP contribution in [0, 0.1) is 0 Å². The second-order valence-electron chi connectivity index (χ2n) is 3.14. The van der Waals surface area contributed by atoms with Crippen molar-refractivity contribution in [3.63, 3.8) is 0 Å². The summed E-state index contributed by atoms with van der Waals surface area (Å²) in [6.45, 7) is 3.56. The molecule has 0 saturated heterocycles. The molecule has 1 aromatic carbocycles. The molecule has 1 rings (SSSR count). The van der Waals surface area contributed by atoms with Crippen LogP contribution in [0.3, 0.4) is 0 Å². The summed E-state index contributed by atoms with van der Waals surface area (Å²) in [7, 11) is 0. The number of hydrogen-bond donors (Lipinski definition) is 2. The fourth-order valence-electron chi connectivity index (χ4n) is 1.12. The van der Waals surface area contributed by atoms with E-state index in [-0.39, 0.29) is 0 Å². The summed E-state index contributed by atoms with van der Waals surface area (Å²) < 4.78 is 5.49. The average Bonchev–Trinajstić information content (AvgIpc) is 2.23. The van der Waals surface area contributed by atoms with Crippen LogP contribution < -0.4 is 15.8 Å². The van der Waals surface area contributed by atoms with E-state index in [4.69, 9.17) is 27.9 Å². The molecule has 0 aliphatic rings. The number of halogens is 2. The summed E-state index contributed by atoms with van der Waals surface area (Å²) >= 11 is 11.6. The Morgan fingerprint density at radius 3 is 2.67 bits per heavy atom. The zero-order chi connectivity index (χ0) is 11.1. The Hall–Kier alpha value is -0.480. The van der Waals surface area contributed by atoms with E-state index >= 15 is 0 Å². The molecular weight excluding hydrogens is 235 g/mol. The fourth-order valence-corrected chi connectivity index (χ4v) is 1.40. The Labute approximate surface area is 99.5 Å². The highest BCUT2D eigenvalue weighted by atomic mass is 35.5. The minimum atomic E-state index is 0.524. The third-order valence-corrected chi connectivity index (χ3v) is 2.63. The third kappa shape index (κ3) is 4.71. The van der Waals surface area contributed by atoms with Gasteiger partial charge in [0.05, 0.1) is 10.0 Å². The molecule has 0 heterocycles. The Morgan fingerprint density at radius 2 is 2.00 bits per heavy atom. The first-order chi connectivity index (χ1) is 7.24. The van der Waals surface area contributed by atoms with Gasteiger partial charge < -0.3 is 15.8 Å². The number of nitrogens with two attached hydrogens (primary N) is 1. The van der Waals surface area contributed by atoms with Crippen LogP contribution >= 0.6 is 23.2 Å². The van der Waals surface area contributed by atoms with E-state index < -0.39 is 0 Å². The summed E-state index contributed by atoms with van der Waals surface area (Å²) in [5.41, 5.74) is 3.76. The monoisotopic (exact) mass is 250 g/mol. The smallest absolute Gasteiger partial charge is 0.137 e. The minimum Gasteiger partial charge on any atom is -0.488 e. The van der Waals surface area contributed by atoms with Gasteiger partial charge in [0.2, 0.25) is 0 Å². The molecule has 0 aliphatic heterocycles. The molecule has 0 aromatic heterocycles. The normalized spacial score (nSPS) is 10.3. The van der Waals surface area contributed by atoms with E-state index in [0.717, 1.165) is 25.4 Å². The van der Waals surface area contributed by atoms with Crippen molar-refractivity contribution < 1.29 is 15.8 Å². The quantitative estimate of drug-likeness (QED) is 0.696. The van der Waals surface area contributed by atoms with Crippen LogP contribution in [-0.4, -0.2) is 26.2 Å². The van der Waals surface area contributed by atoms with E-state index in [1.807, 2.05) is 6.07 Å². The number of ether oxygens (including phenoxy) is 1. The van der Waals surface area contributed by atoms with Crippen LogP contribution in [-0.2, 0) is 0 Å². The van der Waals surface area contributed by atoms with Gasteiger partial charge in [-0.2, -0.15) is 0 Å². The first-order valence-corrected chi connectivity index (χ1v) is 5.68. The molecule has 5 N–H and O–H groups in total. The molecule has 0 saturated carbocycles. The van der Waals surface area contributed by atoms with Gasteiger partial charge in [0.1, 0.15) is 32.0 Å². The second-order valence-corrected chi connectivity index (χ2v) is 3.96. The minimum absolute atomic E-state index is 0.524. The Kier molecular flexibility index (Phi) is 5.79. The largest absolute Gasteiger partial charge is 0.488 e. The highest BCUT2D eigenvalue weighted by molar-refractivity contribution is 6.42. The Morgan fingerprint density at radius 1 is 1.20 bits per heavy atom. The highest BCUT2D eigenvalue weighted by Gasteiger charge is 2.00.